The Labute approximate surface area is 179 Å². The third kappa shape index (κ3) is 7.89. The maximum atomic E-state index is 12.3. The molecular formula is C20H31N3O8. The Kier molecular flexibility index (Phi) is 10.5. The van der Waals surface area contributed by atoms with Crippen LogP contribution in [0, 0.1) is 5.92 Å². The van der Waals surface area contributed by atoms with Crippen LogP contribution < -0.4 is 16.4 Å². The van der Waals surface area contributed by atoms with Crippen LogP contribution in [0.4, 0.5) is 0 Å². The first-order chi connectivity index (χ1) is 14.5. The van der Waals surface area contributed by atoms with E-state index in [9.17, 15) is 39.9 Å². The number of aliphatic hydroxyl groups is 4. The summed E-state index contributed by atoms with van der Waals surface area (Å²) < 4.78 is 0. The molecule has 0 aliphatic heterocycles. The minimum absolute atomic E-state index is 0.112. The van der Waals surface area contributed by atoms with Crippen LogP contribution >= 0.6 is 0 Å². The average molecular weight is 441 g/mol. The summed E-state index contributed by atoms with van der Waals surface area (Å²) in [5, 5.41) is 53.7. The second-order valence-corrected chi connectivity index (χ2v) is 7.65. The van der Waals surface area contributed by atoms with Crippen LogP contribution in [0.5, 0.6) is 0 Å². The van der Waals surface area contributed by atoms with Gasteiger partial charge in [0.05, 0.1) is 18.7 Å². The zero-order chi connectivity index (χ0) is 23.7. The summed E-state index contributed by atoms with van der Waals surface area (Å²) in [7, 11) is 0. The van der Waals surface area contributed by atoms with Crippen molar-refractivity contribution in [3.8, 4) is 0 Å². The van der Waals surface area contributed by atoms with E-state index in [0.29, 0.717) is 6.42 Å². The van der Waals surface area contributed by atoms with Gasteiger partial charge in [0, 0.05) is 0 Å². The lowest BCUT2D eigenvalue weighted by atomic mass is 9.98. The topological polar surface area (TPSA) is 202 Å². The number of carboxylic acids is 1. The molecule has 2 amide bonds. The number of rotatable bonds is 12. The lowest BCUT2D eigenvalue weighted by Crippen LogP contribution is -2.58. The van der Waals surface area contributed by atoms with E-state index >= 15 is 0 Å². The van der Waals surface area contributed by atoms with E-state index in [4.69, 9.17) is 5.73 Å². The first kappa shape index (κ1) is 26.5. The zero-order valence-corrected chi connectivity index (χ0v) is 17.4. The van der Waals surface area contributed by atoms with Gasteiger partial charge >= 0.3 is 5.97 Å². The third-order valence-corrected chi connectivity index (χ3v) is 4.61. The van der Waals surface area contributed by atoms with Gasteiger partial charge in [0.1, 0.15) is 12.2 Å². The van der Waals surface area contributed by atoms with Crippen molar-refractivity contribution in [3.63, 3.8) is 0 Å². The molecule has 0 heterocycles. The van der Waals surface area contributed by atoms with Crippen molar-refractivity contribution in [1.82, 2.24) is 10.6 Å². The van der Waals surface area contributed by atoms with E-state index in [1.165, 1.54) is 12.1 Å². The van der Waals surface area contributed by atoms with Gasteiger partial charge in [-0.25, -0.2) is 4.79 Å². The van der Waals surface area contributed by atoms with Gasteiger partial charge in [0.25, 0.3) is 5.91 Å². The molecule has 0 aromatic heterocycles. The molecule has 1 unspecified atom stereocenters. The molecule has 0 spiro atoms. The molecule has 11 nitrogen and oxygen atoms in total. The maximum absolute atomic E-state index is 12.3. The number of aliphatic carboxylic acids is 1. The highest BCUT2D eigenvalue weighted by atomic mass is 16.4. The van der Waals surface area contributed by atoms with Gasteiger partial charge in [-0.1, -0.05) is 44.2 Å². The van der Waals surface area contributed by atoms with E-state index in [0.717, 1.165) is 0 Å². The Morgan fingerprint density at radius 3 is 2.03 bits per heavy atom. The van der Waals surface area contributed by atoms with Crippen LogP contribution in [0.3, 0.4) is 0 Å². The molecule has 0 radical (unpaired) electrons. The summed E-state index contributed by atoms with van der Waals surface area (Å²) >= 11 is 0. The van der Waals surface area contributed by atoms with Crippen LogP contribution in [-0.4, -0.2) is 80.3 Å². The number of amides is 2. The second-order valence-electron chi connectivity index (χ2n) is 7.65. The Morgan fingerprint density at radius 2 is 1.55 bits per heavy atom. The van der Waals surface area contributed by atoms with Gasteiger partial charge in [0.2, 0.25) is 5.91 Å². The SMILES string of the molecule is CC(C)C[C@H](N)C(=O)N[C@@H](CO)[C@@H](O)[C@@H](O)[C@H](O)C(=O)NC(C(=O)O)c1ccccc1. The summed E-state index contributed by atoms with van der Waals surface area (Å²) in [6, 6.07) is 3.82. The number of hydrogen-bond donors (Lipinski definition) is 8. The Balaban J connectivity index is 2.81. The van der Waals surface area contributed by atoms with Crippen LogP contribution in [0.1, 0.15) is 31.9 Å². The summed E-state index contributed by atoms with van der Waals surface area (Å²) in [4.78, 5) is 35.9. The minimum Gasteiger partial charge on any atom is -0.479 e. The van der Waals surface area contributed by atoms with Crippen molar-refractivity contribution in [3.05, 3.63) is 35.9 Å². The predicted octanol–water partition coefficient (Wildman–Crippen LogP) is -2.14. The number of benzene rings is 1. The Hall–Kier alpha value is -2.57. The summed E-state index contributed by atoms with van der Waals surface area (Å²) in [5.41, 5.74) is 5.96. The fourth-order valence-electron chi connectivity index (χ4n) is 2.88. The van der Waals surface area contributed by atoms with Crippen molar-refractivity contribution in [1.29, 1.82) is 0 Å². The number of hydrogen-bond acceptors (Lipinski definition) is 8. The van der Waals surface area contributed by atoms with Gasteiger partial charge in [0.15, 0.2) is 12.1 Å². The minimum atomic E-state index is -2.24. The molecule has 1 aromatic carbocycles. The standard InChI is InChI=1S/C20H31N3O8/c1-10(2)8-12(21)18(28)22-13(9-24)15(25)16(26)17(27)19(29)23-14(20(30)31)11-6-4-3-5-7-11/h3-7,10,12-17,24-27H,8-9,21H2,1-2H3,(H,22,28)(H,23,29)(H,30,31)/t12-,13-,14?,15+,16+,17-/m0/s1. The Bertz CT molecular complexity index is 730. The molecule has 0 fully saturated rings. The third-order valence-electron chi connectivity index (χ3n) is 4.61. The lowest BCUT2D eigenvalue weighted by Gasteiger charge is -2.30. The largest absolute Gasteiger partial charge is 0.479 e. The molecule has 31 heavy (non-hydrogen) atoms. The number of carbonyl (C=O) groups is 3. The molecule has 6 atom stereocenters. The molecule has 1 rings (SSSR count). The monoisotopic (exact) mass is 441 g/mol. The van der Waals surface area contributed by atoms with Gasteiger partial charge in [-0.05, 0) is 17.9 Å². The van der Waals surface area contributed by atoms with Crippen molar-refractivity contribution < 1.29 is 39.9 Å². The fraction of sp³-hybridized carbons (Fsp3) is 0.550. The normalized spacial score (nSPS) is 17.2. The highest BCUT2D eigenvalue weighted by molar-refractivity contribution is 5.87. The number of nitrogens with two attached hydrogens (primary N) is 1. The molecule has 174 valence electrons. The fourth-order valence-corrected chi connectivity index (χ4v) is 2.88. The predicted molar refractivity (Wildman–Crippen MR) is 109 cm³/mol. The van der Waals surface area contributed by atoms with Gasteiger partial charge in [-0.15, -0.1) is 0 Å². The zero-order valence-electron chi connectivity index (χ0n) is 17.4. The van der Waals surface area contributed by atoms with Crippen molar-refractivity contribution in [2.45, 2.75) is 56.7 Å². The van der Waals surface area contributed by atoms with Gasteiger partial charge in [-0.3, -0.25) is 9.59 Å². The van der Waals surface area contributed by atoms with Crippen molar-refractivity contribution >= 4 is 17.8 Å². The lowest BCUT2D eigenvalue weighted by molar-refractivity contribution is -0.149. The number of aliphatic hydroxyl groups excluding tert-OH is 4. The molecule has 0 bridgehead atoms. The molecule has 0 aliphatic rings. The molecule has 0 saturated heterocycles. The quantitative estimate of drug-likeness (QED) is 0.178. The molecule has 0 aliphatic carbocycles. The first-order valence-electron chi connectivity index (χ1n) is 9.78. The van der Waals surface area contributed by atoms with Crippen LogP contribution in [0.2, 0.25) is 0 Å². The van der Waals surface area contributed by atoms with Crippen LogP contribution in [-0.2, 0) is 14.4 Å². The van der Waals surface area contributed by atoms with Crippen LogP contribution in [0.25, 0.3) is 0 Å². The van der Waals surface area contributed by atoms with Crippen LogP contribution in [0.15, 0.2) is 30.3 Å². The molecule has 11 heteroatoms. The number of carboxylic acid groups (broad SMARTS) is 1. The maximum Gasteiger partial charge on any atom is 0.330 e. The van der Waals surface area contributed by atoms with Crippen molar-refractivity contribution in [2.75, 3.05) is 6.61 Å². The van der Waals surface area contributed by atoms with E-state index < -0.39 is 60.8 Å². The Morgan fingerprint density at radius 1 is 0.968 bits per heavy atom. The molecule has 0 saturated carbocycles. The number of carbonyl (C=O) groups excluding carboxylic acids is 2. The average Bonchev–Trinajstić information content (AvgIpc) is 2.73. The number of nitrogens with one attached hydrogen (secondary N) is 2. The first-order valence-corrected chi connectivity index (χ1v) is 9.78. The van der Waals surface area contributed by atoms with Crippen molar-refractivity contribution in [2.24, 2.45) is 11.7 Å². The molecular weight excluding hydrogens is 410 g/mol. The van der Waals surface area contributed by atoms with Gasteiger partial charge < -0.3 is 41.9 Å². The summed E-state index contributed by atoms with van der Waals surface area (Å²) in [6.07, 6.45) is -5.98. The van der Waals surface area contributed by atoms with E-state index in [2.05, 4.69) is 10.6 Å². The smallest absolute Gasteiger partial charge is 0.330 e. The van der Waals surface area contributed by atoms with E-state index in [1.807, 2.05) is 13.8 Å². The summed E-state index contributed by atoms with van der Waals surface area (Å²) in [6.45, 7) is 2.89. The molecule has 9 N–H and O–H groups in total. The highest BCUT2D eigenvalue weighted by Gasteiger charge is 2.37. The summed E-state index contributed by atoms with van der Waals surface area (Å²) in [5.74, 6) is -3.24. The second kappa shape index (κ2) is 12.3. The van der Waals surface area contributed by atoms with E-state index in [1.54, 1.807) is 18.2 Å². The van der Waals surface area contributed by atoms with E-state index in [-0.39, 0.29) is 11.5 Å². The molecule has 1 aromatic rings. The van der Waals surface area contributed by atoms with Gasteiger partial charge in [-0.2, -0.15) is 0 Å². The highest BCUT2D eigenvalue weighted by Crippen LogP contribution is 2.14.